The van der Waals surface area contributed by atoms with Crippen LogP contribution in [0.1, 0.15) is 36.8 Å². The molecule has 1 fully saturated rings. The summed E-state index contributed by atoms with van der Waals surface area (Å²) < 4.78 is 0. The Morgan fingerprint density at radius 3 is 1.38 bits per heavy atom. The van der Waals surface area contributed by atoms with Gasteiger partial charge in [0.15, 0.2) is 0 Å². The Kier molecular flexibility index (Phi) is 9.27. The van der Waals surface area contributed by atoms with E-state index in [-0.39, 0.29) is 12.3 Å². The second-order valence-electron chi connectivity index (χ2n) is 6.23. The third kappa shape index (κ3) is 6.06. The van der Waals surface area contributed by atoms with Gasteiger partial charge < -0.3 is 22.9 Å². The molecule has 8 N–H and O–H groups in total. The van der Waals surface area contributed by atoms with E-state index in [1.807, 2.05) is 0 Å². The fourth-order valence-electron chi connectivity index (χ4n) is 3.31. The van der Waals surface area contributed by atoms with Crippen LogP contribution in [0.3, 0.4) is 0 Å². The molecule has 132 valence electrons. The highest BCUT2D eigenvalue weighted by molar-refractivity contribution is 5.15. The van der Waals surface area contributed by atoms with Crippen LogP contribution in [0.25, 0.3) is 0 Å². The van der Waals surface area contributed by atoms with E-state index in [4.69, 9.17) is 0 Å². The normalized spacial score (nSPS) is 19.8. The summed E-state index contributed by atoms with van der Waals surface area (Å²) in [5, 5.41) is 7.52. The highest BCUT2D eigenvalue weighted by Gasteiger charge is 2.23. The summed E-state index contributed by atoms with van der Waals surface area (Å²) in [6, 6.07) is 22.6. The van der Waals surface area contributed by atoms with Crippen molar-refractivity contribution in [3.63, 3.8) is 0 Å². The largest absolute Gasteiger partial charge is 0.344 e. The summed E-state index contributed by atoms with van der Waals surface area (Å²) in [4.78, 5) is 0. The van der Waals surface area contributed by atoms with Crippen molar-refractivity contribution in [2.45, 2.75) is 50.9 Å². The van der Waals surface area contributed by atoms with Gasteiger partial charge in [-0.25, -0.2) is 0 Å². The molecule has 4 heteroatoms. The molecule has 2 aromatic carbocycles. The minimum absolute atomic E-state index is 0. The molecule has 0 spiro atoms. The summed E-state index contributed by atoms with van der Waals surface area (Å²) in [7, 11) is 0. The van der Waals surface area contributed by atoms with Gasteiger partial charge in [0.2, 0.25) is 0 Å². The van der Waals surface area contributed by atoms with Crippen LogP contribution in [0.4, 0.5) is 0 Å². The first-order valence-electron chi connectivity index (χ1n) is 8.46. The SMILES string of the molecule is N.N.c1ccc(CNC2CCCCC2NCc2ccccc2)cc1. The zero-order chi connectivity index (χ0) is 15.0. The van der Waals surface area contributed by atoms with Gasteiger partial charge in [-0.2, -0.15) is 0 Å². The van der Waals surface area contributed by atoms with Crippen molar-refractivity contribution in [2.75, 3.05) is 0 Å². The number of benzene rings is 2. The molecule has 0 bridgehead atoms. The summed E-state index contributed by atoms with van der Waals surface area (Å²) >= 11 is 0. The molecule has 2 unspecified atom stereocenters. The monoisotopic (exact) mass is 328 g/mol. The Hall–Kier alpha value is -1.72. The number of rotatable bonds is 6. The zero-order valence-corrected chi connectivity index (χ0v) is 14.6. The first-order chi connectivity index (χ1) is 10.9. The Morgan fingerprint density at radius 2 is 1.00 bits per heavy atom. The summed E-state index contributed by atoms with van der Waals surface area (Å²) in [5.41, 5.74) is 2.74. The van der Waals surface area contributed by atoms with E-state index in [0.717, 1.165) is 13.1 Å². The number of nitrogens with one attached hydrogen (secondary N) is 2. The van der Waals surface area contributed by atoms with Crippen molar-refractivity contribution in [1.82, 2.24) is 22.9 Å². The standard InChI is InChI=1S/C20H26N2.2H3N/c1-3-9-17(10-4-1)15-21-19-13-7-8-14-20(19)22-16-18-11-5-2-6-12-18;;/h1-6,9-12,19-22H,7-8,13-16H2;2*1H3. The number of hydrogen-bond donors (Lipinski definition) is 4. The maximum Gasteiger partial charge on any atom is 0.0224 e. The van der Waals surface area contributed by atoms with Crippen LogP contribution in [-0.2, 0) is 13.1 Å². The lowest BCUT2D eigenvalue weighted by Gasteiger charge is -2.33. The fraction of sp³-hybridized carbons (Fsp3) is 0.400. The van der Waals surface area contributed by atoms with E-state index in [1.165, 1.54) is 36.8 Å². The fourth-order valence-corrected chi connectivity index (χ4v) is 3.31. The molecule has 1 aliphatic carbocycles. The predicted octanol–water partition coefficient (Wildman–Crippen LogP) is 4.20. The molecule has 0 heterocycles. The first-order valence-corrected chi connectivity index (χ1v) is 8.46. The van der Waals surface area contributed by atoms with Crippen LogP contribution < -0.4 is 22.9 Å². The van der Waals surface area contributed by atoms with E-state index < -0.39 is 0 Å². The van der Waals surface area contributed by atoms with Gasteiger partial charge in [0.25, 0.3) is 0 Å². The van der Waals surface area contributed by atoms with E-state index in [9.17, 15) is 0 Å². The van der Waals surface area contributed by atoms with Crippen LogP contribution in [0.15, 0.2) is 60.7 Å². The Balaban J connectivity index is 0.00000144. The maximum absolute atomic E-state index is 3.76. The van der Waals surface area contributed by atoms with Crippen LogP contribution in [0.5, 0.6) is 0 Å². The van der Waals surface area contributed by atoms with Crippen molar-refractivity contribution >= 4 is 0 Å². The molecule has 0 aliphatic heterocycles. The van der Waals surface area contributed by atoms with Crippen molar-refractivity contribution in [1.29, 1.82) is 0 Å². The van der Waals surface area contributed by atoms with Crippen LogP contribution in [0, 0.1) is 0 Å². The number of hydrogen-bond acceptors (Lipinski definition) is 4. The van der Waals surface area contributed by atoms with Crippen molar-refractivity contribution < 1.29 is 0 Å². The second-order valence-corrected chi connectivity index (χ2v) is 6.23. The highest BCUT2D eigenvalue weighted by atomic mass is 15.0. The van der Waals surface area contributed by atoms with Gasteiger partial charge in [-0.15, -0.1) is 0 Å². The Labute approximate surface area is 146 Å². The van der Waals surface area contributed by atoms with E-state index in [1.54, 1.807) is 0 Å². The van der Waals surface area contributed by atoms with E-state index in [0.29, 0.717) is 12.1 Å². The van der Waals surface area contributed by atoms with Crippen molar-refractivity contribution in [2.24, 2.45) is 0 Å². The smallest absolute Gasteiger partial charge is 0.0224 e. The molecule has 0 amide bonds. The molecule has 24 heavy (non-hydrogen) atoms. The maximum atomic E-state index is 3.76. The molecular weight excluding hydrogens is 296 g/mol. The van der Waals surface area contributed by atoms with Crippen LogP contribution >= 0.6 is 0 Å². The molecule has 0 radical (unpaired) electrons. The van der Waals surface area contributed by atoms with Gasteiger partial charge >= 0.3 is 0 Å². The minimum atomic E-state index is 0. The minimum Gasteiger partial charge on any atom is -0.344 e. The summed E-state index contributed by atoms with van der Waals surface area (Å²) in [5.74, 6) is 0. The molecule has 2 aromatic rings. The average Bonchev–Trinajstić information content (AvgIpc) is 2.61. The molecule has 2 atom stereocenters. The second kappa shape index (κ2) is 10.9. The first kappa shape index (κ1) is 20.3. The van der Waals surface area contributed by atoms with Gasteiger partial charge in [0, 0.05) is 25.2 Å². The zero-order valence-electron chi connectivity index (χ0n) is 14.6. The quantitative estimate of drug-likeness (QED) is 0.639. The molecule has 3 rings (SSSR count). The third-order valence-corrected chi connectivity index (χ3v) is 4.59. The summed E-state index contributed by atoms with van der Waals surface area (Å²) in [6.45, 7) is 1.93. The lowest BCUT2D eigenvalue weighted by molar-refractivity contribution is 0.281. The Morgan fingerprint density at radius 1 is 0.625 bits per heavy atom. The third-order valence-electron chi connectivity index (χ3n) is 4.59. The predicted molar refractivity (Wildman–Crippen MR) is 103 cm³/mol. The molecular formula is C20H32N4. The van der Waals surface area contributed by atoms with Crippen LogP contribution in [-0.4, -0.2) is 12.1 Å². The van der Waals surface area contributed by atoms with Gasteiger partial charge in [0.05, 0.1) is 0 Å². The van der Waals surface area contributed by atoms with Crippen molar-refractivity contribution in [3.05, 3.63) is 71.8 Å². The van der Waals surface area contributed by atoms with E-state index >= 15 is 0 Å². The van der Waals surface area contributed by atoms with Gasteiger partial charge in [-0.1, -0.05) is 73.5 Å². The van der Waals surface area contributed by atoms with Gasteiger partial charge in [-0.3, -0.25) is 0 Å². The van der Waals surface area contributed by atoms with Gasteiger partial charge in [0.1, 0.15) is 0 Å². The van der Waals surface area contributed by atoms with Gasteiger partial charge in [-0.05, 0) is 24.0 Å². The molecule has 1 saturated carbocycles. The lowest BCUT2D eigenvalue weighted by atomic mass is 9.90. The molecule has 4 nitrogen and oxygen atoms in total. The Bertz CT molecular complexity index is 493. The summed E-state index contributed by atoms with van der Waals surface area (Å²) in [6.07, 6.45) is 5.24. The van der Waals surface area contributed by atoms with Crippen molar-refractivity contribution in [3.8, 4) is 0 Å². The topological polar surface area (TPSA) is 94.1 Å². The van der Waals surface area contributed by atoms with E-state index in [2.05, 4.69) is 71.3 Å². The molecule has 0 aromatic heterocycles. The van der Waals surface area contributed by atoms with Crippen LogP contribution in [0.2, 0.25) is 0 Å². The molecule has 1 aliphatic rings. The lowest BCUT2D eigenvalue weighted by Crippen LogP contribution is -2.49. The molecule has 0 saturated heterocycles. The highest BCUT2D eigenvalue weighted by Crippen LogP contribution is 2.19. The average molecular weight is 329 g/mol.